The Morgan fingerprint density at radius 3 is 2.88 bits per heavy atom. The molecule has 4 heteroatoms. The molecule has 1 N–H and O–H groups in total. The van der Waals surface area contributed by atoms with Crippen LogP contribution >= 0.6 is 0 Å². The van der Waals surface area contributed by atoms with Crippen LogP contribution in [0, 0.1) is 0 Å². The van der Waals surface area contributed by atoms with Gasteiger partial charge in [-0.05, 0) is 32.9 Å². The molecule has 1 fully saturated rings. The Labute approximate surface area is 103 Å². The summed E-state index contributed by atoms with van der Waals surface area (Å²) < 4.78 is 5.41. The molecule has 1 aliphatic heterocycles. The third-order valence-corrected chi connectivity index (χ3v) is 3.19. The molecule has 0 bridgehead atoms. The molecule has 0 spiro atoms. The number of oxazole rings is 1. The molecule has 0 amide bonds. The molecule has 1 aliphatic rings. The molecule has 1 unspecified atom stereocenters. The van der Waals surface area contributed by atoms with E-state index in [4.69, 9.17) is 4.42 Å². The Bertz CT molecular complexity index is 330. The van der Waals surface area contributed by atoms with Crippen LogP contribution in [-0.4, -0.2) is 40.7 Å². The predicted molar refractivity (Wildman–Crippen MR) is 65.9 cm³/mol. The minimum atomic E-state index is -0.352. The van der Waals surface area contributed by atoms with Crippen molar-refractivity contribution in [1.29, 1.82) is 0 Å². The molecule has 1 saturated heterocycles. The summed E-state index contributed by atoms with van der Waals surface area (Å²) in [6.07, 6.45) is 6.77. The van der Waals surface area contributed by atoms with E-state index in [0.717, 1.165) is 24.6 Å². The van der Waals surface area contributed by atoms with Crippen LogP contribution in [0.15, 0.2) is 10.7 Å². The average Bonchev–Trinajstić information content (AvgIpc) is 2.75. The lowest BCUT2D eigenvalue weighted by Crippen LogP contribution is -2.31. The fourth-order valence-electron chi connectivity index (χ4n) is 2.30. The predicted octanol–water partition coefficient (Wildman–Crippen LogP) is 1.63. The van der Waals surface area contributed by atoms with Crippen molar-refractivity contribution in [2.45, 2.75) is 45.1 Å². The van der Waals surface area contributed by atoms with E-state index < -0.39 is 0 Å². The van der Waals surface area contributed by atoms with E-state index in [1.165, 1.54) is 32.4 Å². The van der Waals surface area contributed by atoms with Crippen LogP contribution in [0.5, 0.6) is 0 Å². The van der Waals surface area contributed by atoms with Gasteiger partial charge in [-0.15, -0.1) is 0 Å². The number of aliphatic hydroxyl groups is 1. The molecule has 0 aliphatic carbocycles. The lowest BCUT2D eigenvalue weighted by Gasteiger charge is -2.25. The molecule has 1 atom stereocenters. The van der Waals surface area contributed by atoms with Gasteiger partial charge in [-0.3, -0.25) is 0 Å². The second kappa shape index (κ2) is 6.17. The molecule has 4 nitrogen and oxygen atoms in total. The zero-order chi connectivity index (χ0) is 12.1. The SMILES string of the molecule is CC(O)Cc1coc(CCN2CCCCC2)n1. The van der Waals surface area contributed by atoms with Crippen LogP contribution < -0.4 is 0 Å². The number of likely N-dealkylation sites (tertiary alicyclic amines) is 1. The molecular formula is C13H22N2O2. The van der Waals surface area contributed by atoms with Gasteiger partial charge in [0.25, 0.3) is 0 Å². The molecule has 96 valence electrons. The standard InChI is InChI=1S/C13H22N2O2/c1-11(16)9-12-10-17-13(14-12)5-8-15-6-3-2-4-7-15/h10-11,16H,2-9H2,1H3. The smallest absolute Gasteiger partial charge is 0.195 e. The Kier molecular flexibility index (Phi) is 4.57. The Balaban J connectivity index is 1.76. The monoisotopic (exact) mass is 238 g/mol. The van der Waals surface area contributed by atoms with Crippen molar-refractivity contribution < 1.29 is 9.52 Å². The molecule has 1 aromatic heterocycles. The molecule has 1 aromatic rings. The summed E-state index contributed by atoms with van der Waals surface area (Å²) in [7, 11) is 0. The van der Waals surface area contributed by atoms with Gasteiger partial charge in [0.15, 0.2) is 5.89 Å². The third kappa shape index (κ3) is 4.13. The second-order valence-electron chi connectivity index (χ2n) is 4.94. The van der Waals surface area contributed by atoms with Crippen LogP contribution in [-0.2, 0) is 12.8 Å². The Morgan fingerprint density at radius 1 is 1.41 bits per heavy atom. The van der Waals surface area contributed by atoms with Gasteiger partial charge in [0.2, 0.25) is 0 Å². The topological polar surface area (TPSA) is 49.5 Å². The average molecular weight is 238 g/mol. The van der Waals surface area contributed by atoms with Crippen molar-refractivity contribution >= 4 is 0 Å². The molecule has 2 rings (SSSR count). The number of aromatic nitrogens is 1. The van der Waals surface area contributed by atoms with E-state index >= 15 is 0 Å². The van der Waals surface area contributed by atoms with Gasteiger partial charge in [-0.1, -0.05) is 6.42 Å². The minimum absolute atomic E-state index is 0.352. The maximum atomic E-state index is 9.26. The summed E-state index contributed by atoms with van der Waals surface area (Å²) in [5, 5.41) is 9.26. The van der Waals surface area contributed by atoms with Gasteiger partial charge < -0.3 is 14.4 Å². The van der Waals surface area contributed by atoms with E-state index in [1.807, 2.05) is 0 Å². The van der Waals surface area contributed by atoms with Crippen LogP contribution in [0.25, 0.3) is 0 Å². The van der Waals surface area contributed by atoms with Crippen molar-refractivity contribution in [3.8, 4) is 0 Å². The Morgan fingerprint density at radius 2 is 2.18 bits per heavy atom. The molecular weight excluding hydrogens is 216 g/mol. The van der Waals surface area contributed by atoms with E-state index in [9.17, 15) is 5.11 Å². The first-order valence-electron chi connectivity index (χ1n) is 6.58. The number of nitrogens with zero attached hydrogens (tertiary/aromatic N) is 2. The fraction of sp³-hybridized carbons (Fsp3) is 0.769. The summed E-state index contributed by atoms with van der Waals surface area (Å²) in [5.41, 5.74) is 0.855. The zero-order valence-electron chi connectivity index (χ0n) is 10.6. The van der Waals surface area contributed by atoms with Crippen molar-refractivity contribution in [1.82, 2.24) is 9.88 Å². The summed E-state index contributed by atoms with van der Waals surface area (Å²) in [5.74, 6) is 0.797. The van der Waals surface area contributed by atoms with Gasteiger partial charge in [0, 0.05) is 19.4 Å². The van der Waals surface area contributed by atoms with E-state index in [0.29, 0.717) is 6.42 Å². The minimum Gasteiger partial charge on any atom is -0.449 e. The van der Waals surface area contributed by atoms with Gasteiger partial charge >= 0.3 is 0 Å². The number of hydrogen-bond acceptors (Lipinski definition) is 4. The first-order valence-corrected chi connectivity index (χ1v) is 6.58. The van der Waals surface area contributed by atoms with Crippen LogP contribution in [0.1, 0.15) is 37.8 Å². The molecule has 0 radical (unpaired) electrons. The lowest BCUT2D eigenvalue weighted by atomic mass is 10.1. The zero-order valence-corrected chi connectivity index (χ0v) is 10.6. The summed E-state index contributed by atoms with van der Waals surface area (Å²) >= 11 is 0. The summed E-state index contributed by atoms with van der Waals surface area (Å²) in [6.45, 7) is 5.22. The second-order valence-corrected chi connectivity index (χ2v) is 4.94. The quantitative estimate of drug-likeness (QED) is 0.847. The van der Waals surface area contributed by atoms with Crippen LogP contribution in [0.2, 0.25) is 0 Å². The highest BCUT2D eigenvalue weighted by Crippen LogP contribution is 2.10. The van der Waals surface area contributed by atoms with Gasteiger partial charge in [-0.25, -0.2) is 4.98 Å². The van der Waals surface area contributed by atoms with Crippen molar-refractivity contribution in [3.05, 3.63) is 17.8 Å². The molecule has 0 saturated carbocycles. The van der Waals surface area contributed by atoms with Gasteiger partial charge in [0.05, 0.1) is 11.8 Å². The maximum Gasteiger partial charge on any atom is 0.195 e. The van der Waals surface area contributed by atoms with Crippen LogP contribution in [0.4, 0.5) is 0 Å². The summed E-state index contributed by atoms with van der Waals surface area (Å²) in [4.78, 5) is 6.86. The molecule has 17 heavy (non-hydrogen) atoms. The number of rotatable bonds is 5. The van der Waals surface area contributed by atoms with Gasteiger partial charge in [0.1, 0.15) is 6.26 Å². The third-order valence-electron chi connectivity index (χ3n) is 3.19. The molecule has 0 aromatic carbocycles. The normalized spacial score (nSPS) is 19.4. The largest absolute Gasteiger partial charge is 0.449 e. The van der Waals surface area contributed by atoms with Crippen LogP contribution in [0.3, 0.4) is 0 Å². The number of hydrogen-bond donors (Lipinski definition) is 1. The highest BCUT2D eigenvalue weighted by molar-refractivity contribution is 4.98. The number of piperidine rings is 1. The highest BCUT2D eigenvalue weighted by atomic mass is 16.3. The summed E-state index contributed by atoms with van der Waals surface area (Å²) in [6, 6.07) is 0. The molecule has 2 heterocycles. The van der Waals surface area contributed by atoms with E-state index in [1.54, 1.807) is 13.2 Å². The first kappa shape index (κ1) is 12.6. The van der Waals surface area contributed by atoms with Crippen molar-refractivity contribution in [3.63, 3.8) is 0 Å². The first-order chi connectivity index (χ1) is 8.24. The van der Waals surface area contributed by atoms with Crippen molar-refractivity contribution in [2.75, 3.05) is 19.6 Å². The van der Waals surface area contributed by atoms with Crippen molar-refractivity contribution in [2.24, 2.45) is 0 Å². The lowest BCUT2D eigenvalue weighted by molar-refractivity contribution is 0.194. The highest BCUT2D eigenvalue weighted by Gasteiger charge is 2.12. The number of aliphatic hydroxyl groups excluding tert-OH is 1. The maximum absolute atomic E-state index is 9.26. The van der Waals surface area contributed by atoms with E-state index in [-0.39, 0.29) is 6.10 Å². The fourth-order valence-corrected chi connectivity index (χ4v) is 2.30. The Hall–Kier alpha value is -0.870. The van der Waals surface area contributed by atoms with E-state index in [2.05, 4.69) is 9.88 Å². The van der Waals surface area contributed by atoms with Gasteiger partial charge in [-0.2, -0.15) is 0 Å².